The standard InChI is InChI=1S/C23H17Cl3N4O/c1-13-3-7-17(25)11-19(13)27-23(31)21-28-22(15-5-9-16(24)10-6-15)30(29-21)20-12-18(26)8-4-14(20)2/h3-12H,1-2H3,(H,27,31). The monoisotopic (exact) mass is 470 g/mol. The van der Waals surface area contributed by atoms with E-state index in [1.54, 1.807) is 41.1 Å². The Morgan fingerprint density at radius 3 is 2.16 bits per heavy atom. The summed E-state index contributed by atoms with van der Waals surface area (Å²) in [6, 6.07) is 17.9. The van der Waals surface area contributed by atoms with Gasteiger partial charge in [0.1, 0.15) is 0 Å². The van der Waals surface area contributed by atoms with Crippen LogP contribution in [0.1, 0.15) is 21.7 Å². The molecule has 1 amide bonds. The smallest absolute Gasteiger partial charge is 0.295 e. The summed E-state index contributed by atoms with van der Waals surface area (Å²) >= 11 is 18.3. The topological polar surface area (TPSA) is 59.8 Å². The highest BCUT2D eigenvalue weighted by Crippen LogP contribution is 2.27. The van der Waals surface area contributed by atoms with Crippen molar-refractivity contribution in [3.8, 4) is 17.1 Å². The van der Waals surface area contributed by atoms with Gasteiger partial charge in [-0.25, -0.2) is 9.67 Å². The first-order chi connectivity index (χ1) is 14.8. The van der Waals surface area contributed by atoms with Gasteiger partial charge in [0.15, 0.2) is 5.82 Å². The summed E-state index contributed by atoms with van der Waals surface area (Å²) in [5, 5.41) is 9.01. The lowest BCUT2D eigenvalue weighted by atomic mass is 10.2. The van der Waals surface area contributed by atoms with E-state index >= 15 is 0 Å². The maximum atomic E-state index is 13.0. The summed E-state index contributed by atoms with van der Waals surface area (Å²) in [5.74, 6) is 0.0673. The number of nitrogens with zero attached hydrogens (tertiary/aromatic N) is 3. The molecule has 0 aliphatic heterocycles. The van der Waals surface area contributed by atoms with Crippen LogP contribution in [0.2, 0.25) is 15.1 Å². The molecule has 4 rings (SSSR count). The van der Waals surface area contributed by atoms with Crippen LogP contribution in [0.15, 0.2) is 60.7 Å². The van der Waals surface area contributed by atoms with Crippen LogP contribution >= 0.6 is 34.8 Å². The third kappa shape index (κ3) is 4.59. The first-order valence-electron chi connectivity index (χ1n) is 9.39. The van der Waals surface area contributed by atoms with Gasteiger partial charge < -0.3 is 5.32 Å². The molecule has 1 N–H and O–H groups in total. The van der Waals surface area contributed by atoms with Gasteiger partial charge in [-0.2, -0.15) is 0 Å². The summed E-state index contributed by atoms with van der Waals surface area (Å²) < 4.78 is 1.62. The first kappa shape index (κ1) is 21.4. The van der Waals surface area contributed by atoms with Gasteiger partial charge in [-0.3, -0.25) is 4.79 Å². The second-order valence-corrected chi connectivity index (χ2v) is 8.33. The molecular weight excluding hydrogens is 455 g/mol. The van der Waals surface area contributed by atoms with Crippen molar-refractivity contribution in [1.29, 1.82) is 0 Å². The summed E-state index contributed by atoms with van der Waals surface area (Å²) in [6.07, 6.45) is 0. The number of benzene rings is 3. The van der Waals surface area contributed by atoms with E-state index in [0.717, 1.165) is 22.4 Å². The fraction of sp³-hybridized carbons (Fsp3) is 0.0870. The lowest BCUT2D eigenvalue weighted by Crippen LogP contribution is -2.15. The zero-order valence-electron chi connectivity index (χ0n) is 16.7. The van der Waals surface area contributed by atoms with Gasteiger partial charge in [-0.15, -0.1) is 5.10 Å². The third-order valence-electron chi connectivity index (χ3n) is 4.76. The Bertz CT molecular complexity index is 1280. The molecule has 0 radical (unpaired) electrons. The average molecular weight is 472 g/mol. The van der Waals surface area contributed by atoms with Crippen molar-refractivity contribution < 1.29 is 4.79 Å². The van der Waals surface area contributed by atoms with E-state index in [9.17, 15) is 4.79 Å². The molecular formula is C23H17Cl3N4O. The normalized spacial score (nSPS) is 10.9. The molecule has 0 atom stereocenters. The van der Waals surface area contributed by atoms with E-state index in [0.29, 0.717) is 26.6 Å². The van der Waals surface area contributed by atoms with E-state index in [4.69, 9.17) is 34.8 Å². The number of amides is 1. The molecule has 1 heterocycles. The number of aryl methyl sites for hydroxylation is 2. The molecule has 156 valence electrons. The fourth-order valence-electron chi connectivity index (χ4n) is 3.08. The highest BCUT2D eigenvalue weighted by Gasteiger charge is 2.20. The van der Waals surface area contributed by atoms with E-state index in [1.165, 1.54) is 0 Å². The van der Waals surface area contributed by atoms with Crippen molar-refractivity contribution in [1.82, 2.24) is 14.8 Å². The largest absolute Gasteiger partial charge is 0.319 e. The number of anilines is 1. The average Bonchev–Trinajstić information content (AvgIpc) is 3.18. The summed E-state index contributed by atoms with van der Waals surface area (Å²) in [5.41, 5.74) is 3.89. The van der Waals surface area contributed by atoms with Crippen molar-refractivity contribution in [2.75, 3.05) is 5.32 Å². The number of aromatic nitrogens is 3. The Balaban J connectivity index is 1.81. The fourth-order valence-corrected chi connectivity index (χ4v) is 3.54. The molecule has 31 heavy (non-hydrogen) atoms. The van der Waals surface area contributed by atoms with Crippen LogP contribution in [0.4, 0.5) is 5.69 Å². The van der Waals surface area contributed by atoms with Crippen molar-refractivity contribution >= 4 is 46.4 Å². The van der Waals surface area contributed by atoms with Crippen LogP contribution in [-0.2, 0) is 0 Å². The Kier molecular flexibility index (Phi) is 6.01. The Labute approximate surface area is 194 Å². The number of nitrogens with one attached hydrogen (secondary N) is 1. The molecule has 8 heteroatoms. The van der Waals surface area contributed by atoms with Crippen LogP contribution in [0.5, 0.6) is 0 Å². The minimum Gasteiger partial charge on any atom is -0.319 e. The molecule has 5 nitrogen and oxygen atoms in total. The van der Waals surface area contributed by atoms with Gasteiger partial charge in [0.25, 0.3) is 5.91 Å². The van der Waals surface area contributed by atoms with E-state index in [-0.39, 0.29) is 5.82 Å². The number of hydrogen-bond donors (Lipinski definition) is 1. The molecule has 0 fully saturated rings. The molecule has 0 bridgehead atoms. The van der Waals surface area contributed by atoms with Crippen molar-refractivity contribution in [2.24, 2.45) is 0 Å². The van der Waals surface area contributed by atoms with Crippen molar-refractivity contribution in [3.63, 3.8) is 0 Å². The van der Waals surface area contributed by atoms with E-state index in [2.05, 4.69) is 15.4 Å². The molecule has 3 aromatic carbocycles. The SMILES string of the molecule is Cc1ccc(Cl)cc1NC(=O)c1nc(-c2ccc(Cl)cc2)n(-c2cc(Cl)ccc2C)n1. The van der Waals surface area contributed by atoms with Crippen LogP contribution < -0.4 is 5.32 Å². The molecule has 0 saturated carbocycles. The second-order valence-electron chi connectivity index (χ2n) is 7.02. The quantitative estimate of drug-likeness (QED) is 0.357. The Morgan fingerprint density at radius 1 is 0.839 bits per heavy atom. The predicted molar refractivity (Wildman–Crippen MR) is 126 cm³/mol. The van der Waals surface area contributed by atoms with Gasteiger partial charge in [0.05, 0.1) is 5.69 Å². The molecule has 0 unspecified atom stereocenters. The van der Waals surface area contributed by atoms with Gasteiger partial charge >= 0.3 is 0 Å². The number of halogens is 3. The minimum absolute atomic E-state index is 0.0173. The summed E-state index contributed by atoms with van der Waals surface area (Å²) in [7, 11) is 0. The number of carbonyl (C=O) groups excluding carboxylic acids is 1. The minimum atomic E-state index is -0.445. The Hall–Kier alpha value is -2.86. The molecule has 1 aromatic heterocycles. The van der Waals surface area contributed by atoms with E-state index < -0.39 is 5.91 Å². The summed E-state index contributed by atoms with van der Waals surface area (Å²) in [6.45, 7) is 3.82. The maximum Gasteiger partial charge on any atom is 0.295 e. The molecule has 0 aliphatic rings. The lowest BCUT2D eigenvalue weighted by Gasteiger charge is -2.09. The van der Waals surface area contributed by atoms with Crippen LogP contribution in [0, 0.1) is 13.8 Å². The zero-order chi connectivity index (χ0) is 22.1. The predicted octanol–water partition coefficient (Wildman–Crippen LogP) is 6.76. The number of carbonyl (C=O) groups is 1. The summed E-state index contributed by atoms with van der Waals surface area (Å²) in [4.78, 5) is 17.5. The Morgan fingerprint density at radius 2 is 1.45 bits per heavy atom. The van der Waals surface area contributed by atoms with Gasteiger partial charge in [0.2, 0.25) is 5.82 Å². The number of rotatable bonds is 4. The zero-order valence-corrected chi connectivity index (χ0v) is 18.9. The lowest BCUT2D eigenvalue weighted by molar-refractivity contribution is 0.101. The van der Waals surface area contributed by atoms with Crippen molar-refractivity contribution in [3.05, 3.63) is 92.7 Å². The second kappa shape index (κ2) is 8.71. The number of hydrogen-bond acceptors (Lipinski definition) is 3. The highest BCUT2D eigenvalue weighted by atomic mass is 35.5. The highest BCUT2D eigenvalue weighted by molar-refractivity contribution is 6.31. The van der Waals surface area contributed by atoms with Gasteiger partial charge in [0, 0.05) is 26.3 Å². The molecule has 0 spiro atoms. The van der Waals surface area contributed by atoms with Gasteiger partial charge in [-0.1, -0.05) is 46.9 Å². The van der Waals surface area contributed by atoms with Crippen LogP contribution in [-0.4, -0.2) is 20.7 Å². The van der Waals surface area contributed by atoms with Gasteiger partial charge in [-0.05, 0) is 73.5 Å². The molecule has 4 aromatic rings. The van der Waals surface area contributed by atoms with E-state index in [1.807, 2.05) is 38.1 Å². The first-order valence-corrected chi connectivity index (χ1v) is 10.5. The van der Waals surface area contributed by atoms with Crippen LogP contribution in [0.25, 0.3) is 17.1 Å². The molecule has 0 aliphatic carbocycles. The maximum absolute atomic E-state index is 13.0. The molecule has 0 saturated heterocycles. The van der Waals surface area contributed by atoms with Crippen LogP contribution in [0.3, 0.4) is 0 Å². The van der Waals surface area contributed by atoms with Crippen molar-refractivity contribution in [2.45, 2.75) is 13.8 Å². The third-order valence-corrected chi connectivity index (χ3v) is 5.48.